The van der Waals surface area contributed by atoms with Gasteiger partial charge in [0.15, 0.2) is 0 Å². The van der Waals surface area contributed by atoms with Gasteiger partial charge in [-0.25, -0.2) is 0 Å². The summed E-state index contributed by atoms with van der Waals surface area (Å²) in [6.45, 7) is 14.2. The Morgan fingerprint density at radius 3 is 2.58 bits per heavy atom. The molecular formula is C29H50O2. The third-order valence-electron chi connectivity index (χ3n) is 11.7. The van der Waals surface area contributed by atoms with Crippen molar-refractivity contribution >= 4 is 0 Å². The first-order valence-electron chi connectivity index (χ1n) is 14.1. The van der Waals surface area contributed by atoms with Gasteiger partial charge in [0.25, 0.3) is 0 Å². The maximum absolute atomic E-state index is 6.61. The van der Waals surface area contributed by atoms with E-state index in [2.05, 4.69) is 34.6 Å². The zero-order chi connectivity index (χ0) is 21.9. The van der Waals surface area contributed by atoms with E-state index in [9.17, 15) is 0 Å². The summed E-state index contributed by atoms with van der Waals surface area (Å²) in [5.41, 5.74) is 1.39. The van der Waals surface area contributed by atoms with E-state index in [0.717, 1.165) is 42.8 Å². The highest BCUT2D eigenvalue weighted by Crippen LogP contribution is 2.74. The van der Waals surface area contributed by atoms with Crippen molar-refractivity contribution in [2.45, 2.75) is 123 Å². The molecule has 178 valence electrons. The van der Waals surface area contributed by atoms with Crippen molar-refractivity contribution in [1.82, 2.24) is 0 Å². The molecule has 5 fully saturated rings. The Hall–Kier alpha value is -0.0800. The van der Waals surface area contributed by atoms with Crippen LogP contribution in [0.1, 0.15) is 112 Å². The fraction of sp³-hybridized carbons (Fsp3) is 1.00. The summed E-state index contributed by atoms with van der Waals surface area (Å²) >= 11 is 0. The molecule has 31 heavy (non-hydrogen) atoms. The van der Waals surface area contributed by atoms with Crippen LogP contribution in [0.2, 0.25) is 0 Å². The Kier molecular flexibility index (Phi) is 6.08. The highest BCUT2D eigenvalue weighted by Gasteiger charge is 2.75. The van der Waals surface area contributed by atoms with Gasteiger partial charge in [0.1, 0.15) is 5.60 Å². The number of hydrogen-bond acceptors (Lipinski definition) is 2. The quantitative estimate of drug-likeness (QED) is 0.369. The van der Waals surface area contributed by atoms with E-state index in [4.69, 9.17) is 9.47 Å². The minimum Gasteiger partial charge on any atom is -0.381 e. The van der Waals surface area contributed by atoms with Gasteiger partial charge in [-0.05, 0) is 99.2 Å². The first-order valence-corrected chi connectivity index (χ1v) is 14.1. The van der Waals surface area contributed by atoms with Crippen LogP contribution in [-0.2, 0) is 9.47 Å². The monoisotopic (exact) mass is 430 g/mol. The van der Waals surface area contributed by atoms with Gasteiger partial charge in [0.2, 0.25) is 0 Å². The first kappa shape index (κ1) is 22.7. The van der Waals surface area contributed by atoms with E-state index in [0.29, 0.717) is 28.5 Å². The molecule has 1 spiro atoms. The molecule has 5 rings (SSSR count). The first-order chi connectivity index (χ1) is 14.9. The fourth-order valence-corrected chi connectivity index (χ4v) is 10.1. The second-order valence-corrected chi connectivity index (χ2v) is 13.1. The van der Waals surface area contributed by atoms with Crippen LogP contribution in [0.5, 0.6) is 0 Å². The molecule has 0 aromatic rings. The molecule has 0 radical (unpaired) electrons. The molecule has 10 atom stereocenters. The normalized spacial score (nSPS) is 50.0. The van der Waals surface area contributed by atoms with Crippen molar-refractivity contribution in [2.24, 2.45) is 46.3 Å². The summed E-state index contributed by atoms with van der Waals surface area (Å²) in [7, 11) is 0. The highest BCUT2D eigenvalue weighted by molar-refractivity contribution is 5.23. The van der Waals surface area contributed by atoms with Crippen LogP contribution in [0.15, 0.2) is 0 Å². The highest BCUT2D eigenvalue weighted by atomic mass is 16.6. The smallest absolute Gasteiger partial charge is 0.100 e. The van der Waals surface area contributed by atoms with Crippen molar-refractivity contribution in [2.75, 3.05) is 13.2 Å². The number of fused-ring (bicyclic) bond motifs is 4. The van der Waals surface area contributed by atoms with Gasteiger partial charge in [0.05, 0.1) is 6.10 Å². The standard InChI is InChI=1S/C29H50O2/c1-6-30-19-20(2)10-9-11-21(3)23-12-13-24-22-18-26-29(31-26)16-8-7-15-28(29,5)25(22)14-17-27(23,24)4/h20-26H,6-19H2,1-5H3/t20?,21-,22+,23-,24+,25+,26+,27-,28-,29?/m1/s1. The molecule has 1 aliphatic heterocycles. The predicted octanol–water partition coefficient (Wildman–Crippen LogP) is 7.65. The number of epoxide rings is 1. The second kappa shape index (κ2) is 8.30. The molecule has 0 amide bonds. The molecule has 1 heterocycles. The van der Waals surface area contributed by atoms with Gasteiger partial charge in [0, 0.05) is 18.6 Å². The van der Waals surface area contributed by atoms with E-state index in [1.807, 2.05) is 0 Å². The number of rotatable bonds is 8. The molecular weight excluding hydrogens is 380 g/mol. The van der Waals surface area contributed by atoms with Gasteiger partial charge in [-0.1, -0.05) is 53.4 Å². The minimum atomic E-state index is 0.309. The Balaban J connectivity index is 1.23. The lowest BCUT2D eigenvalue weighted by Gasteiger charge is -2.59. The molecule has 2 nitrogen and oxygen atoms in total. The van der Waals surface area contributed by atoms with E-state index in [1.54, 1.807) is 0 Å². The average Bonchev–Trinajstić information content (AvgIpc) is 3.33. The Labute approximate surface area is 192 Å². The van der Waals surface area contributed by atoms with Gasteiger partial charge in [-0.15, -0.1) is 0 Å². The van der Waals surface area contributed by atoms with E-state index in [1.165, 1.54) is 77.0 Å². The van der Waals surface area contributed by atoms with E-state index < -0.39 is 0 Å². The lowest BCUT2D eigenvalue weighted by molar-refractivity contribution is -0.100. The van der Waals surface area contributed by atoms with Crippen molar-refractivity contribution in [1.29, 1.82) is 0 Å². The summed E-state index contributed by atoms with van der Waals surface area (Å²) in [4.78, 5) is 0. The molecule has 4 aliphatic carbocycles. The number of hydrogen-bond donors (Lipinski definition) is 0. The zero-order valence-corrected chi connectivity index (χ0v) is 21.3. The van der Waals surface area contributed by atoms with Crippen molar-refractivity contribution in [3.8, 4) is 0 Å². The van der Waals surface area contributed by atoms with E-state index in [-0.39, 0.29) is 0 Å². The topological polar surface area (TPSA) is 21.8 Å². The van der Waals surface area contributed by atoms with Gasteiger partial charge >= 0.3 is 0 Å². The van der Waals surface area contributed by atoms with Crippen LogP contribution in [0.4, 0.5) is 0 Å². The largest absolute Gasteiger partial charge is 0.381 e. The van der Waals surface area contributed by atoms with Crippen LogP contribution in [0.25, 0.3) is 0 Å². The average molecular weight is 431 g/mol. The molecule has 5 aliphatic rings. The minimum absolute atomic E-state index is 0.309. The summed E-state index contributed by atoms with van der Waals surface area (Å²) in [6.07, 6.45) is 17.8. The third-order valence-corrected chi connectivity index (χ3v) is 11.7. The summed E-state index contributed by atoms with van der Waals surface area (Å²) < 4.78 is 12.3. The lowest BCUT2D eigenvalue weighted by atomic mass is 9.44. The van der Waals surface area contributed by atoms with Gasteiger partial charge in [-0.3, -0.25) is 0 Å². The van der Waals surface area contributed by atoms with Gasteiger partial charge < -0.3 is 9.47 Å². The Bertz CT molecular complexity index is 647. The maximum Gasteiger partial charge on any atom is 0.100 e. The molecule has 0 N–H and O–H groups in total. The van der Waals surface area contributed by atoms with Crippen molar-refractivity contribution in [3.05, 3.63) is 0 Å². The van der Waals surface area contributed by atoms with Crippen LogP contribution >= 0.6 is 0 Å². The number of ether oxygens (including phenoxy) is 2. The molecule has 0 aromatic carbocycles. The van der Waals surface area contributed by atoms with Crippen LogP contribution in [-0.4, -0.2) is 24.9 Å². The zero-order valence-electron chi connectivity index (χ0n) is 21.3. The van der Waals surface area contributed by atoms with Crippen molar-refractivity contribution < 1.29 is 9.47 Å². The van der Waals surface area contributed by atoms with Crippen LogP contribution < -0.4 is 0 Å². The fourth-order valence-electron chi connectivity index (χ4n) is 10.1. The molecule has 4 saturated carbocycles. The third kappa shape index (κ3) is 3.48. The van der Waals surface area contributed by atoms with Crippen LogP contribution in [0.3, 0.4) is 0 Å². The SMILES string of the molecule is CCOCC(C)CCC[C@@H](C)[C@H]1CC[C@H]2[C@@H]3C[C@@H]4OC45CCCC[C@]5(C)[C@H]3CC[C@]12C. The molecule has 1 saturated heterocycles. The van der Waals surface area contributed by atoms with Gasteiger partial charge in [-0.2, -0.15) is 0 Å². The summed E-state index contributed by atoms with van der Waals surface area (Å²) in [5, 5.41) is 0. The summed E-state index contributed by atoms with van der Waals surface area (Å²) in [5.74, 6) is 5.41. The van der Waals surface area contributed by atoms with Crippen molar-refractivity contribution in [3.63, 3.8) is 0 Å². The Morgan fingerprint density at radius 2 is 1.77 bits per heavy atom. The Morgan fingerprint density at radius 1 is 0.968 bits per heavy atom. The summed E-state index contributed by atoms with van der Waals surface area (Å²) in [6, 6.07) is 0. The maximum atomic E-state index is 6.61. The molecule has 2 heteroatoms. The molecule has 0 bridgehead atoms. The predicted molar refractivity (Wildman–Crippen MR) is 128 cm³/mol. The lowest BCUT2D eigenvalue weighted by Crippen LogP contribution is -2.57. The van der Waals surface area contributed by atoms with Crippen LogP contribution in [0, 0.1) is 46.3 Å². The molecule has 0 aromatic heterocycles. The second-order valence-electron chi connectivity index (χ2n) is 13.1. The van der Waals surface area contributed by atoms with E-state index >= 15 is 0 Å². The molecule has 2 unspecified atom stereocenters.